The molecule has 1 rings (SSSR count). The Kier molecular flexibility index (Phi) is 6.63. The molecule has 1 amide bonds. The van der Waals surface area contributed by atoms with Crippen LogP contribution in [0.1, 0.15) is 12.5 Å². The lowest BCUT2D eigenvalue weighted by Gasteiger charge is -2.21. The molecule has 0 unspecified atom stereocenters. The number of methoxy groups -OCH3 is 2. The van der Waals surface area contributed by atoms with E-state index in [1.54, 1.807) is 30.2 Å². The van der Waals surface area contributed by atoms with Crippen molar-refractivity contribution in [3.05, 3.63) is 23.8 Å². The smallest absolute Gasteiger partial charge is 0.306 e. The molecule has 0 saturated heterocycles. The molecule has 22 heavy (non-hydrogen) atoms. The highest BCUT2D eigenvalue weighted by Gasteiger charge is 2.14. The lowest BCUT2D eigenvalue weighted by Crippen LogP contribution is -2.31. The molecule has 0 aliphatic rings. The van der Waals surface area contributed by atoms with E-state index >= 15 is 0 Å². The summed E-state index contributed by atoms with van der Waals surface area (Å²) in [5.74, 6) is 0.302. The fourth-order valence-electron chi connectivity index (χ4n) is 1.82. The number of hydrogen-bond donors (Lipinski definition) is 0. The van der Waals surface area contributed by atoms with Crippen LogP contribution in [0.4, 0.5) is 0 Å². The summed E-state index contributed by atoms with van der Waals surface area (Å²) in [5, 5.41) is 0. The van der Waals surface area contributed by atoms with E-state index in [9.17, 15) is 13.2 Å². The topological polar surface area (TPSA) is 82.1 Å². The number of benzene rings is 1. The molecule has 1 aromatic rings. The zero-order chi connectivity index (χ0) is 16.8. The molecule has 124 valence electrons. The van der Waals surface area contributed by atoms with Gasteiger partial charge in [0, 0.05) is 27.1 Å². The molecule has 0 heterocycles. The molecular weight excluding hydrogens is 310 g/mol. The number of amides is 1. The minimum Gasteiger partial charge on any atom is -0.493 e. The molecule has 1 aromatic carbocycles. The third kappa shape index (κ3) is 5.90. The largest absolute Gasteiger partial charge is 0.493 e. The average molecular weight is 331 g/mol. The van der Waals surface area contributed by atoms with Gasteiger partial charge in [0.2, 0.25) is 5.91 Å². The maximum absolute atomic E-state index is 11.6. The number of carbonyl (C=O) groups is 1. The number of nitrogens with zero attached hydrogens (tertiary/aromatic N) is 1. The van der Waals surface area contributed by atoms with Crippen LogP contribution in [0.25, 0.3) is 0 Å². The number of hydrogen-bond acceptors (Lipinski definition) is 6. The first kappa shape index (κ1) is 18.2. The molecule has 0 N–H and O–H groups in total. The van der Waals surface area contributed by atoms with E-state index in [0.717, 1.165) is 11.8 Å². The minimum absolute atomic E-state index is 0.0951. The van der Waals surface area contributed by atoms with Gasteiger partial charge in [-0.1, -0.05) is 6.07 Å². The lowest BCUT2D eigenvalue weighted by molar-refractivity contribution is -0.130. The summed E-state index contributed by atoms with van der Waals surface area (Å²) in [6, 6.07) is 4.89. The highest BCUT2D eigenvalue weighted by molar-refractivity contribution is 7.86. The van der Waals surface area contributed by atoms with E-state index in [0.29, 0.717) is 25.4 Å². The van der Waals surface area contributed by atoms with Crippen LogP contribution in [0.3, 0.4) is 0 Å². The Balaban J connectivity index is 2.99. The molecule has 0 bridgehead atoms. The van der Waals surface area contributed by atoms with Crippen LogP contribution in [-0.2, 0) is 26.2 Å². The Morgan fingerprint density at radius 3 is 2.41 bits per heavy atom. The Labute approximate surface area is 130 Å². The van der Waals surface area contributed by atoms with E-state index in [-0.39, 0.29) is 11.7 Å². The van der Waals surface area contributed by atoms with E-state index in [1.807, 2.05) is 0 Å². The second-order valence-corrected chi connectivity index (χ2v) is 6.28. The van der Waals surface area contributed by atoms with Crippen LogP contribution < -0.4 is 8.92 Å². The lowest BCUT2D eigenvalue weighted by atomic mass is 10.2. The maximum atomic E-state index is 11.6. The summed E-state index contributed by atoms with van der Waals surface area (Å²) < 4.78 is 37.5. The molecule has 0 aliphatic carbocycles. The summed E-state index contributed by atoms with van der Waals surface area (Å²) in [6.45, 7) is 2.65. The van der Waals surface area contributed by atoms with Gasteiger partial charge in [-0.2, -0.15) is 8.42 Å². The predicted octanol–water partition coefficient (Wildman–Crippen LogP) is 1.03. The summed E-state index contributed by atoms with van der Waals surface area (Å²) in [5.41, 5.74) is 0.728. The van der Waals surface area contributed by atoms with Crippen LogP contribution in [-0.4, -0.2) is 52.9 Å². The van der Waals surface area contributed by atoms with Crippen LogP contribution in [0.2, 0.25) is 0 Å². The standard InChI is InChI=1S/C14H21NO6S/c1-11(16)15(7-8-19-2)10-12-5-6-13(20-3)14(9-12)21-22(4,17)18/h5-6,9H,7-8,10H2,1-4H3. The van der Waals surface area contributed by atoms with Crippen molar-refractivity contribution >= 4 is 16.0 Å². The van der Waals surface area contributed by atoms with Gasteiger partial charge in [-0.3, -0.25) is 4.79 Å². The Morgan fingerprint density at radius 1 is 1.23 bits per heavy atom. The molecule has 0 radical (unpaired) electrons. The van der Waals surface area contributed by atoms with E-state index in [1.165, 1.54) is 14.0 Å². The van der Waals surface area contributed by atoms with Crippen molar-refractivity contribution in [1.82, 2.24) is 4.90 Å². The zero-order valence-electron chi connectivity index (χ0n) is 13.2. The first-order valence-corrected chi connectivity index (χ1v) is 8.39. The predicted molar refractivity (Wildman–Crippen MR) is 81.4 cm³/mol. The van der Waals surface area contributed by atoms with Gasteiger partial charge in [0.15, 0.2) is 11.5 Å². The Morgan fingerprint density at radius 2 is 1.91 bits per heavy atom. The molecule has 7 nitrogen and oxygen atoms in total. The van der Waals surface area contributed by atoms with Gasteiger partial charge in [0.1, 0.15) is 0 Å². The summed E-state index contributed by atoms with van der Waals surface area (Å²) in [7, 11) is -0.686. The number of carbonyl (C=O) groups excluding carboxylic acids is 1. The summed E-state index contributed by atoms with van der Waals surface area (Å²) in [4.78, 5) is 13.2. The van der Waals surface area contributed by atoms with Crippen LogP contribution in [0.5, 0.6) is 11.5 Å². The van der Waals surface area contributed by atoms with E-state index in [2.05, 4.69) is 0 Å². The molecule has 0 spiro atoms. The SMILES string of the molecule is COCCN(Cc1ccc(OC)c(OS(C)(=O)=O)c1)C(C)=O. The van der Waals surface area contributed by atoms with Gasteiger partial charge in [-0.15, -0.1) is 0 Å². The van der Waals surface area contributed by atoms with Crippen molar-refractivity contribution in [2.45, 2.75) is 13.5 Å². The highest BCUT2D eigenvalue weighted by atomic mass is 32.2. The van der Waals surface area contributed by atoms with Gasteiger partial charge >= 0.3 is 10.1 Å². The molecular formula is C14H21NO6S. The number of ether oxygens (including phenoxy) is 2. The second kappa shape index (κ2) is 8.00. The van der Waals surface area contributed by atoms with Crippen molar-refractivity contribution in [2.24, 2.45) is 0 Å². The van der Waals surface area contributed by atoms with Gasteiger partial charge in [0.25, 0.3) is 0 Å². The second-order valence-electron chi connectivity index (χ2n) is 4.71. The van der Waals surface area contributed by atoms with Crippen molar-refractivity contribution in [3.63, 3.8) is 0 Å². The zero-order valence-corrected chi connectivity index (χ0v) is 14.0. The van der Waals surface area contributed by atoms with Crippen LogP contribution >= 0.6 is 0 Å². The first-order valence-electron chi connectivity index (χ1n) is 6.57. The molecule has 0 fully saturated rings. The highest BCUT2D eigenvalue weighted by Crippen LogP contribution is 2.29. The molecule has 0 aromatic heterocycles. The van der Waals surface area contributed by atoms with Gasteiger partial charge in [-0.05, 0) is 17.7 Å². The third-order valence-corrected chi connectivity index (χ3v) is 3.34. The minimum atomic E-state index is -3.67. The maximum Gasteiger partial charge on any atom is 0.306 e. The van der Waals surface area contributed by atoms with Crippen molar-refractivity contribution in [1.29, 1.82) is 0 Å². The van der Waals surface area contributed by atoms with Crippen molar-refractivity contribution in [2.75, 3.05) is 33.6 Å². The average Bonchev–Trinajstić information content (AvgIpc) is 2.41. The molecule has 0 aliphatic heterocycles. The van der Waals surface area contributed by atoms with Crippen LogP contribution in [0.15, 0.2) is 18.2 Å². The quantitative estimate of drug-likeness (QED) is 0.662. The van der Waals surface area contributed by atoms with Gasteiger partial charge in [0.05, 0.1) is 20.0 Å². The van der Waals surface area contributed by atoms with Crippen LogP contribution in [0, 0.1) is 0 Å². The van der Waals surface area contributed by atoms with Gasteiger partial charge in [-0.25, -0.2) is 0 Å². The third-order valence-electron chi connectivity index (χ3n) is 2.85. The van der Waals surface area contributed by atoms with Crippen molar-refractivity contribution in [3.8, 4) is 11.5 Å². The number of rotatable bonds is 8. The van der Waals surface area contributed by atoms with E-state index < -0.39 is 10.1 Å². The molecule has 0 atom stereocenters. The monoisotopic (exact) mass is 331 g/mol. The molecule has 8 heteroatoms. The Hall–Kier alpha value is -1.80. The fourth-order valence-corrected chi connectivity index (χ4v) is 2.27. The van der Waals surface area contributed by atoms with Gasteiger partial charge < -0.3 is 18.6 Å². The van der Waals surface area contributed by atoms with Crippen molar-refractivity contribution < 1.29 is 26.9 Å². The summed E-state index contributed by atoms with van der Waals surface area (Å²) in [6.07, 6.45) is 0.958. The molecule has 0 saturated carbocycles. The summed E-state index contributed by atoms with van der Waals surface area (Å²) >= 11 is 0. The van der Waals surface area contributed by atoms with E-state index in [4.69, 9.17) is 13.7 Å². The first-order chi connectivity index (χ1) is 10.3. The normalized spacial score (nSPS) is 11.1. The Bertz CT molecular complexity index is 614. The fraction of sp³-hybridized carbons (Fsp3) is 0.500.